The lowest BCUT2D eigenvalue weighted by Crippen LogP contribution is -2.68. The van der Waals surface area contributed by atoms with Gasteiger partial charge < -0.3 is 0 Å². The van der Waals surface area contributed by atoms with E-state index in [-0.39, 0.29) is 0 Å². The van der Waals surface area contributed by atoms with E-state index in [1.165, 1.54) is 35.2 Å². The first kappa shape index (κ1) is 21.0. The van der Waals surface area contributed by atoms with Crippen LogP contribution >= 0.6 is 0 Å². The van der Waals surface area contributed by atoms with Gasteiger partial charge in [0.15, 0.2) is 6.20 Å². The van der Waals surface area contributed by atoms with Crippen molar-refractivity contribution in [1.29, 1.82) is 0 Å². The first-order valence-corrected chi connectivity index (χ1v) is 9.88. The Hall–Kier alpha value is -2.28. The highest BCUT2D eigenvalue weighted by Gasteiger charge is 2.14. The van der Waals surface area contributed by atoms with E-state index < -0.39 is 10.2 Å². The van der Waals surface area contributed by atoms with Crippen LogP contribution < -0.4 is 23.2 Å². The second-order valence-corrected chi connectivity index (χ2v) is 6.71. The molecule has 0 saturated heterocycles. The van der Waals surface area contributed by atoms with Crippen molar-refractivity contribution in [3.63, 3.8) is 0 Å². The van der Waals surface area contributed by atoms with Crippen molar-refractivity contribution in [1.82, 2.24) is 0 Å². The molecule has 0 aliphatic rings. The quantitative estimate of drug-likeness (QED) is 0.590. The van der Waals surface area contributed by atoms with E-state index >= 15 is 0 Å². The van der Waals surface area contributed by atoms with Crippen LogP contribution in [0.15, 0.2) is 79.0 Å². The normalized spacial score (nSPS) is 10.9. The predicted octanol–water partition coefficient (Wildman–Crippen LogP) is 0.352. The van der Waals surface area contributed by atoms with Gasteiger partial charge in [-0.15, -0.1) is 10.2 Å². The molecule has 27 heavy (non-hydrogen) atoms. The standard InChI is InChI=1S/C21H22N.ClHO4/c1-2-3-15-22-16-14-20(18-10-6-4-7-11-18)17-21(22)19-12-8-5-9-13-19;2-1(3,4)5/h4-14,16-17H,2-3,15H2,1H3;(H,2,3,4,5)/q+1;/p-1. The lowest BCUT2D eigenvalue weighted by atomic mass is 10.0. The van der Waals surface area contributed by atoms with Gasteiger partial charge in [-0.25, -0.2) is 18.6 Å². The summed E-state index contributed by atoms with van der Waals surface area (Å²) in [7, 11) is -4.94. The van der Waals surface area contributed by atoms with Gasteiger partial charge in [0.1, 0.15) is 6.54 Å². The van der Waals surface area contributed by atoms with E-state index in [1.54, 1.807) is 0 Å². The van der Waals surface area contributed by atoms with E-state index in [0.717, 1.165) is 6.54 Å². The van der Waals surface area contributed by atoms with Gasteiger partial charge >= 0.3 is 0 Å². The van der Waals surface area contributed by atoms with Crippen LogP contribution in [0.3, 0.4) is 0 Å². The number of benzene rings is 2. The summed E-state index contributed by atoms with van der Waals surface area (Å²) >= 11 is 0. The van der Waals surface area contributed by atoms with Crippen molar-refractivity contribution >= 4 is 0 Å². The van der Waals surface area contributed by atoms with Crippen LogP contribution in [-0.2, 0) is 6.54 Å². The van der Waals surface area contributed by atoms with E-state index in [2.05, 4.69) is 90.5 Å². The minimum Gasteiger partial charge on any atom is -0.222 e. The number of unbranched alkanes of at least 4 members (excludes halogenated alkanes) is 1. The molecule has 0 saturated carbocycles. The number of halogens is 1. The maximum absolute atomic E-state index is 8.49. The molecule has 2 aromatic carbocycles. The van der Waals surface area contributed by atoms with Crippen LogP contribution in [0, 0.1) is 10.2 Å². The highest BCUT2D eigenvalue weighted by Crippen LogP contribution is 2.23. The third-order valence-corrected chi connectivity index (χ3v) is 3.96. The molecule has 1 aromatic heterocycles. The molecule has 5 nitrogen and oxygen atoms in total. The van der Waals surface area contributed by atoms with Crippen LogP contribution in [0.5, 0.6) is 0 Å². The molecule has 0 radical (unpaired) electrons. The summed E-state index contributed by atoms with van der Waals surface area (Å²) < 4.78 is 36.3. The van der Waals surface area contributed by atoms with Gasteiger partial charge in [0.25, 0.3) is 0 Å². The second-order valence-electron chi connectivity index (χ2n) is 5.96. The lowest BCUT2D eigenvalue weighted by Gasteiger charge is -2.17. The van der Waals surface area contributed by atoms with Gasteiger partial charge in [0.2, 0.25) is 5.69 Å². The molecule has 3 aromatic rings. The lowest BCUT2D eigenvalue weighted by molar-refractivity contribution is -2.00. The Kier molecular flexibility index (Phi) is 7.91. The summed E-state index contributed by atoms with van der Waals surface area (Å²) in [5.74, 6) is 0. The van der Waals surface area contributed by atoms with E-state index in [9.17, 15) is 0 Å². The molecule has 0 fully saturated rings. The summed E-state index contributed by atoms with van der Waals surface area (Å²) in [4.78, 5) is 0. The molecule has 0 amide bonds. The third kappa shape index (κ3) is 7.46. The zero-order chi connectivity index (χ0) is 19.7. The summed E-state index contributed by atoms with van der Waals surface area (Å²) in [6.45, 7) is 3.30. The second kappa shape index (κ2) is 10.2. The Morgan fingerprint density at radius 1 is 0.741 bits per heavy atom. The first-order valence-electron chi connectivity index (χ1n) is 8.64. The number of hydrogen-bond acceptors (Lipinski definition) is 4. The number of rotatable bonds is 5. The van der Waals surface area contributed by atoms with Gasteiger partial charge in [-0.1, -0.05) is 61.9 Å². The van der Waals surface area contributed by atoms with Crippen molar-refractivity contribution in [2.24, 2.45) is 0 Å². The van der Waals surface area contributed by atoms with E-state index in [0.29, 0.717) is 0 Å². The average molecular weight is 388 g/mol. The van der Waals surface area contributed by atoms with Gasteiger partial charge in [-0.2, -0.15) is 4.57 Å². The zero-order valence-electron chi connectivity index (χ0n) is 15.1. The predicted molar refractivity (Wildman–Crippen MR) is 92.4 cm³/mol. The molecule has 0 aliphatic carbocycles. The maximum Gasteiger partial charge on any atom is 0.213 e. The van der Waals surface area contributed by atoms with Crippen LogP contribution in [-0.4, -0.2) is 0 Å². The summed E-state index contributed by atoms with van der Waals surface area (Å²) in [6.07, 6.45) is 4.64. The molecule has 1 heterocycles. The molecular weight excluding hydrogens is 366 g/mol. The minimum atomic E-state index is -4.94. The Labute approximate surface area is 161 Å². The SMILES string of the molecule is CCCC[n+]1ccc(-c2ccccc2)cc1-c1ccccc1.[O-][Cl+3]([O-])([O-])[O-]. The van der Waals surface area contributed by atoms with Gasteiger partial charge in [0.05, 0.1) is 0 Å². The first-order chi connectivity index (χ1) is 12.9. The summed E-state index contributed by atoms with van der Waals surface area (Å²) in [5, 5.41) is 0. The summed E-state index contributed by atoms with van der Waals surface area (Å²) in [5.41, 5.74) is 5.10. The highest BCUT2D eigenvalue weighted by molar-refractivity contribution is 5.68. The van der Waals surface area contributed by atoms with Crippen LogP contribution in [0.2, 0.25) is 0 Å². The molecule has 142 valence electrons. The highest BCUT2D eigenvalue weighted by atomic mass is 35.7. The fourth-order valence-electron chi connectivity index (χ4n) is 2.72. The zero-order valence-corrected chi connectivity index (χ0v) is 15.8. The minimum absolute atomic E-state index is 1.07. The van der Waals surface area contributed by atoms with Crippen molar-refractivity contribution < 1.29 is 33.4 Å². The molecule has 0 unspecified atom stereocenters. The Morgan fingerprint density at radius 3 is 1.78 bits per heavy atom. The molecular formula is C21H22ClNO4. The number of aromatic nitrogens is 1. The van der Waals surface area contributed by atoms with E-state index in [4.69, 9.17) is 18.6 Å². The number of hydrogen-bond donors (Lipinski definition) is 0. The fourth-order valence-corrected chi connectivity index (χ4v) is 2.72. The van der Waals surface area contributed by atoms with Crippen molar-refractivity contribution in [3.05, 3.63) is 79.0 Å². The molecule has 0 N–H and O–H groups in total. The van der Waals surface area contributed by atoms with E-state index in [1.807, 2.05) is 0 Å². The van der Waals surface area contributed by atoms with Crippen LogP contribution in [0.25, 0.3) is 22.4 Å². The largest absolute Gasteiger partial charge is 0.222 e. The molecule has 0 bridgehead atoms. The monoisotopic (exact) mass is 387 g/mol. The fraction of sp³-hybridized carbons (Fsp3) is 0.190. The number of aryl methyl sites for hydroxylation is 1. The van der Waals surface area contributed by atoms with Crippen LogP contribution in [0.1, 0.15) is 19.8 Å². The molecule has 6 heteroatoms. The number of pyridine rings is 1. The van der Waals surface area contributed by atoms with Gasteiger partial charge in [-0.05, 0) is 23.3 Å². The molecule has 0 spiro atoms. The smallest absolute Gasteiger partial charge is 0.213 e. The maximum atomic E-state index is 8.49. The van der Waals surface area contributed by atoms with Gasteiger partial charge in [0, 0.05) is 24.1 Å². The average Bonchev–Trinajstić information content (AvgIpc) is 2.66. The van der Waals surface area contributed by atoms with Crippen molar-refractivity contribution in [2.75, 3.05) is 0 Å². The molecule has 0 aliphatic heterocycles. The third-order valence-electron chi connectivity index (χ3n) is 3.96. The van der Waals surface area contributed by atoms with Crippen LogP contribution in [0.4, 0.5) is 0 Å². The Morgan fingerprint density at radius 2 is 1.26 bits per heavy atom. The Bertz CT molecular complexity index is 815. The molecule has 0 atom stereocenters. The number of nitrogens with zero attached hydrogens (tertiary/aromatic N) is 1. The molecule has 3 rings (SSSR count). The topological polar surface area (TPSA) is 96.1 Å². The van der Waals surface area contributed by atoms with Gasteiger partial charge in [-0.3, -0.25) is 0 Å². The van der Waals surface area contributed by atoms with Crippen molar-refractivity contribution in [2.45, 2.75) is 26.3 Å². The summed E-state index contributed by atoms with van der Waals surface area (Å²) in [6, 6.07) is 25.8. The van der Waals surface area contributed by atoms with Crippen molar-refractivity contribution in [3.8, 4) is 22.4 Å². The Balaban J connectivity index is 0.000000465.